The molecule has 0 saturated carbocycles. The van der Waals surface area contributed by atoms with Crippen LogP contribution in [0.1, 0.15) is 37.5 Å². The first kappa shape index (κ1) is 13.8. The molecule has 2 N–H and O–H groups in total. The van der Waals surface area contributed by atoms with Crippen molar-refractivity contribution in [3.05, 3.63) is 62.2 Å². The number of hydrogen-bond donors (Lipinski definition) is 2. The van der Waals surface area contributed by atoms with Crippen LogP contribution in [-0.4, -0.2) is 16.0 Å². The van der Waals surface area contributed by atoms with Crippen LogP contribution in [0.15, 0.2) is 49.7 Å². The zero-order chi connectivity index (χ0) is 18.5. The molecule has 4 nitrogen and oxygen atoms in total. The number of carbonyl (C=O) groups is 1. The van der Waals surface area contributed by atoms with E-state index in [1.165, 1.54) is 6.92 Å². The number of aliphatic hydroxyl groups is 1. The van der Waals surface area contributed by atoms with Crippen molar-refractivity contribution in [1.82, 2.24) is 0 Å². The third kappa shape index (κ3) is 2.82. The third-order valence-electron chi connectivity index (χ3n) is 3.34. The topological polar surface area (TPSA) is 70.7 Å². The fourth-order valence-corrected chi connectivity index (χ4v) is 3.36. The number of aromatic hydroxyl groups is 1. The maximum absolute atomic E-state index is 13.2. The number of benzene rings is 2. The van der Waals surface area contributed by atoms with Crippen molar-refractivity contribution in [3.8, 4) is 5.75 Å². The SMILES string of the molecule is [2H]c1c(Br)c(O)c(Br)c([2H])c1C(=O)c1c(C(C)O)oc2ccccc12. The highest BCUT2D eigenvalue weighted by molar-refractivity contribution is 9.11. The number of carbonyl (C=O) groups excluding carboxylic acids is 1. The summed E-state index contributed by atoms with van der Waals surface area (Å²) < 4.78 is 21.9. The molecule has 1 atom stereocenters. The molecule has 118 valence electrons. The van der Waals surface area contributed by atoms with E-state index in [0.717, 1.165) is 0 Å². The Kier molecular flexibility index (Phi) is 3.66. The minimum absolute atomic E-state index is 0.00474. The zero-order valence-electron chi connectivity index (χ0n) is 13.9. The highest BCUT2D eigenvalue weighted by atomic mass is 79.9. The fraction of sp³-hybridized carbons (Fsp3) is 0.118. The van der Waals surface area contributed by atoms with Crippen LogP contribution in [0.2, 0.25) is 0 Å². The number of halogens is 2. The second-order valence-corrected chi connectivity index (χ2v) is 6.53. The molecule has 3 aromatic rings. The number of hydrogen-bond acceptors (Lipinski definition) is 4. The molecular weight excluding hydrogens is 428 g/mol. The summed E-state index contributed by atoms with van der Waals surface area (Å²) in [7, 11) is 0. The van der Waals surface area contributed by atoms with Gasteiger partial charge in [0, 0.05) is 10.9 Å². The highest BCUT2D eigenvalue weighted by Crippen LogP contribution is 2.36. The van der Waals surface area contributed by atoms with Crippen molar-refractivity contribution < 1.29 is 22.2 Å². The molecule has 0 aliphatic carbocycles. The average molecular weight is 442 g/mol. The number of phenols is 1. The standard InChI is InChI=1S/C17H12Br2O4/c1-8(20)17-14(10-4-2-3-5-13(10)23-17)15(21)9-6-11(18)16(22)12(19)7-9/h2-8,20,22H,1H3/i6D,7D. The number of rotatable bonds is 3. The molecule has 0 saturated heterocycles. The van der Waals surface area contributed by atoms with Crippen LogP contribution >= 0.6 is 31.9 Å². The van der Waals surface area contributed by atoms with Gasteiger partial charge in [0.25, 0.3) is 0 Å². The fourth-order valence-electron chi connectivity index (χ4n) is 2.30. The van der Waals surface area contributed by atoms with Crippen LogP contribution < -0.4 is 0 Å². The van der Waals surface area contributed by atoms with Gasteiger partial charge in [0.2, 0.25) is 0 Å². The molecule has 0 aliphatic rings. The van der Waals surface area contributed by atoms with Gasteiger partial charge >= 0.3 is 0 Å². The largest absolute Gasteiger partial charge is 0.506 e. The Bertz CT molecular complexity index is 983. The first-order valence-electron chi connectivity index (χ1n) is 7.67. The first-order valence-corrected chi connectivity index (χ1v) is 8.25. The second kappa shape index (κ2) is 6.11. The molecule has 23 heavy (non-hydrogen) atoms. The van der Waals surface area contributed by atoms with Crippen molar-refractivity contribution in [1.29, 1.82) is 0 Å². The number of aliphatic hydroxyl groups excluding tert-OH is 1. The molecule has 1 aromatic heterocycles. The maximum atomic E-state index is 13.2. The Morgan fingerprint density at radius 2 is 1.87 bits per heavy atom. The molecule has 0 fully saturated rings. The summed E-state index contributed by atoms with van der Waals surface area (Å²) >= 11 is 6.14. The summed E-state index contributed by atoms with van der Waals surface area (Å²) in [5.41, 5.74) is 0.332. The Labute approximate surface area is 151 Å². The molecule has 0 radical (unpaired) electrons. The Balaban J connectivity index is 2.35. The summed E-state index contributed by atoms with van der Waals surface area (Å²) in [5.74, 6) is -0.873. The van der Waals surface area contributed by atoms with E-state index in [1.54, 1.807) is 24.3 Å². The lowest BCUT2D eigenvalue weighted by Gasteiger charge is -2.07. The summed E-state index contributed by atoms with van der Waals surface area (Å²) in [6.45, 7) is 1.47. The minimum atomic E-state index is -1.04. The van der Waals surface area contributed by atoms with Gasteiger partial charge < -0.3 is 14.6 Å². The van der Waals surface area contributed by atoms with Crippen LogP contribution in [0.5, 0.6) is 5.75 Å². The minimum Gasteiger partial charge on any atom is -0.506 e. The van der Waals surface area contributed by atoms with Crippen molar-refractivity contribution >= 4 is 48.6 Å². The quantitative estimate of drug-likeness (QED) is 0.564. The second-order valence-electron chi connectivity index (χ2n) is 4.94. The summed E-state index contributed by atoms with van der Waals surface area (Å²) in [6.07, 6.45) is -1.04. The lowest BCUT2D eigenvalue weighted by Crippen LogP contribution is -2.06. The first-order chi connectivity index (χ1) is 11.8. The summed E-state index contributed by atoms with van der Waals surface area (Å²) in [4.78, 5) is 13.2. The zero-order valence-corrected chi connectivity index (χ0v) is 15.0. The van der Waals surface area contributed by atoms with E-state index in [1.807, 2.05) is 0 Å². The Hall–Kier alpha value is -1.63. The van der Waals surface area contributed by atoms with Crippen molar-refractivity contribution in [2.75, 3.05) is 0 Å². The Morgan fingerprint density at radius 1 is 1.26 bits per heavy atom. The van der Waals surface area contributed by atoms with Gasteiger partial charge in [0.15, 0.2) is 5.78 Å². The number of ketones is 1. The molecule has 6 heteroatoms. The molecule has 1 heterocycles. The summed E-state index contributed by atoms with van der Waals surface area (Å²) in [6, 6.07) is 6.20. The van der Waals surface area contributed by atoms with E-state index in [0.29, 0.717) is 11.0 Å². The van der Waals surface area contributed by atoms with Gasteiger partial charge in [-0.05, 0) is 56.9 Å². The van der Waals surface area contributed by atoms with Crippen molar-refractivity contribution in [3.63, 3.8) is 0 Å². The lowest BCUT2D eigenvalue weighted by molar-refractivity contribution is 0.102. The van der Waals surface area contributed by atoms with Gasteiger partial charge in [0.1, 0.15) is 23.2 Å². The van der Waals surface area contributed by atoms with Crippen LogP contribution in [0, 0.1) is 0 Å². The Morgan fingerprint density at radius 3 is 2.48 bits per heavy atom. The highest BCUT2D eigenvalue weighted by Gasteiger charge is 2.25. The monoisotopic (exact) mass is 440 g/mol. The van der Waals surface area contributed by atoms with E-state index in [4.69, 9.17) is 7.16 Å². The smallest absolute Gasteiger partial charge is 0.197 e. The molecule has 2 aromatic carbocycles. The van der Waals surface area contributed by atoms with Gasteiger partial charge in [-0.25, -0.2) is 0 Å². The normalized spacial score (nSPS) is 13.7. The van der Waals surface area contributed by atoms with Gasteiger partial charge in [0.05, 0.1) is 17.3 Å². The van der Waals surface area contributed by atoms with Gasteiger partial charge in [-0.15, -0.1) is 0 Å². The van der Waals surface area contributed by atoms with Crippen LogP contribution in [0.4, 0.5) is 0 Å². The molecule has 0 spiro atoms. The molecule has 0 bridgehead atoms. The number of furan rings is 1. The van der Waals surface area contributed by atoms with Crippen LogP contribution in [0.3, 0.4) is 0 Å². The molecule has 1 unspecified atom stereocenters. The van der Waals surface area contributed by atoms with E-state index in [2.05, 4.69) is 31.9 Å². The number of para-hydroxylation sites is 1. The van der Waals surface area contributed by atoms with Gasteiger partial charge in [-0.2, -0.15) is 0 Å². The van der Waals surface area contributed by atoms with E-state index in [-0.39, 0.29) is 43.7 Å². The maximum Gasteiger partial charge on any atom is 0.197 e. The number of fused-ring (bicyclic) bond motifs is 1. The van der Waals surface area contributed by atoms with Crippen molar-refractivity contribution in [2.24, 2.45) is 0 Å². The van der Waals surface area contributed by atoms with Gasteiger partial charge in [-0.3, -0.25) is 4.79 Å². The average Bonchev–Trinajstić information content (AvgIpc) is 2.98. The third-order valence-corrected chi connectivity index (χ3v) is 4.49. The molecule has 3 rings (SSSR count). The molecule has 0 amide bonds. The predicted molar refractivity (Wildman–Crippen MR) is 93.8 cm³/mol. The molecular formula is C17H12Br2O4. The summed E-state index contributed by atoms with van der Waals surface area (Å²) in [5, 5.41) is 20.4. The van der Waals surface area contributed by atoms with Crippen LogP contribution in [0.25, 0.3) is 11.0 Å². The molecule has 0 aliphatic heterocycles. The van der Waals surface area contributed by atoms with E-state index in [9.17, 15) is 15.0 Å². The van der Waals surface area contributed by atoms with Crippen molar-refractivity contribution in [2.45, 2.75) is 13.0 Å². The van der Waals surface area contributed by atoms with Gasteiger partial charge in [-0.1, -0.05) is 18.2 Å². The lowest BCUT2D eigenvalue weighted by atomic mass is 9.98. The predicted octanol–water partition coefficient (Wildman–Crippen LogP) is 4.95. The van der Waals surface area contributed by atoms with Crippen LogP contribution in [-0.2, 0) is 0 Å². The number of phenolic OH excluding ortho intramolecular Hbond substituents is 1. The van der Waals surface area contributed by atoms with E-state index < -0.39 is 11.9 Å². The van der Waals surface area contributed by atoms with E-state index >= 15 is 0 Å².